The predicted octanol–water partition coefficient (Wildman–Crippen LogP) is 3.92. The molecule has 1 aromatic carbocycles. The van der Waals surface area contributed by atoms with Gasteiger partial charge >= 0.3 is 0 Å². The lowest BCUT2D eigenvalue weighted by molar-refractivity contribution is -0.142. The molecule has 1 saturated carbocycles. The predicted molar refractivity (Wildman–Crippen MR) is 160 cm³/mol. The first-order valence-corrected chi connectivity index (χ1v) is 16.7. The van der Waals surface area contributed by atoms with Gasteiger partial charge in [0.25, 0.3) is 0 Å². The number of thioether (sulfide) groups is 1. The number of piperidine rings is 1. The van der Waals surface area contributed by atoms with Crippen LogP contribution in [0, 0.1) is 23.7 Å². The Labute approximate surface area is 248 Å². The van der Waals surface area contributed by atoms with Crippen molar-refractivity contribution in [3.8, 4) is 0 Å². The summed E-state index contributed by atoms with van der Waals surface area (Å²) in [5, 5.41) is 6.40. The number of fused-ring (bicyclic) bond motifs is 1. The average Bonchev–Trinajstić information content (AvgIpc) is 3.62. The Morgan fingerprint density at radius 1 is 1.07 bits per heavy atom. The summed E-state index contributed by atoms with van der Waals surface area (Å²) in [6.45, 7) is 7.68. The van der Waals surface area contributed by atoms with E-state index in [9.17, 15) is 14.4 Å². The van der Waals surface area contributed by atoms with Gasteiger partial charge in [-0.25, -0.2) is 0 Å². The molecule has 41 heavy (non-hydrogen) atoms. The highest BCUT2D eigenvalue weighted by Gasteiger charge is 2.72. The summed E-state index contributed by atoms with van der Waals surface area (Å²) in [7, 11) is 0. The molecule has 8 nitrogen and oxygen atoms in total. The molecule has 3 saturated heterocycles. The molecule has 2 bridgehead atoms. The first-order chi connectivity index (χ1) is 19.8. The molecule has 4 aliphatic heterocycles. The minimum atomic E-state index is -1.12. The molecule has 0 unspecified atom stereocenters. The van der Waals surface area contributed by atoms with E-state index in [1.165, 1.54) is 12.8 Å². The van der Waals surface area contributed by atoms with Crippen LogP contribution in [-0.4, -0.2) is 83.7 Å². The molecule has 6 rings (SSSR count). The lowest BCUT2D eigenvalue weighted by Crippen LogP contribution is -2.58. The Kier molecular flexibility index (Phi) is 8.22. The van der Waals surface area contributed by atoms with Gasteiger partial charge in [0, 0.05) is 29.7 Å². The highest BCUT2D eigenvalue weighted by molar-refractivity contribution is 7.98. The molecule has 4 fully saturated rings. The molecular weight excluding hydrogens is 536 g/mol. The number of carbonyl (C=O) groups is 3. The molecule has 3 amide bonds. The van der Waals surface area contributed by atoms with Crippen LogP contribution in [0.3, 0.4) is 0 Å². The van der Waals surface area contributed by atoms with Gasteiger partial charge in [0.2, 0.25) is 17.7 Å². The third-order valence-corrected chi connectivity index (χ3v) is 11.1. The van der Waals surface area contributed by atoms with E-state index < -0.39 is 29.6 Å². The van der Waals surface area contributed by atoms with Gasteiger partial charge in [-0.1, -0.05) is 51.3 Å². The van der Waals surface area contributed by atoms with Crippen molar-refractivity contribution in [1.29, 1.82) is 0 Å². The van der Waals surface area contributed by atoms with Crippen LogP contribution in [0.1, 0.15) is 52.4 Å². The Balaban J connectivity index is 1.27. The van der Waals surface area contributed by atoms with E-state index in [4.69, 9.17) is 4.74 Å². The summed E-state index contributed by atoms with van der Waals surface area (Å²) in [4.78, 5) is 47.4. The number of benzene rings is 1. The molecule has 5 aliphatic rings. The topological polar surface area (TPSA) is 91.0 Å². The van der Waals surface area contributed by atoms with Crippen molar-refractivity contribution in [2.75, 3.05) is 37.8 Å². The van der Waals surface area contributed by atoms with E-state index in [1.54, 1.807) is 16.7 Å². The summed E-state index contributed by atoms with van der Waals surface area (Å²) in [5.74, 6) is -1.02. The van der Waals surface area contributed by atoms with E-state index in [0.29, 0.717) is 24.1 Å². The van der Waals surface area contributed by atoms with Crippen LogP contribution in [0.15, 0.2) is 41.3 Å². The number of amides is 3. The molecule has 2 N–H and O–H groups in total. The number of carbonyl (C=O) groups excluding carboxylic acids is 3. The van der Waals surface area contributed by atoms with Crippen molar-refractivity contribution in [1.82, 2.24) is 15.1 Å². The molecule has 4 heterocycles. The van der Waals surface area contributed by atoms with Crippen LogP contribution in [0.2, 0.25) is 0 Å². The number of rotatable bonds is 8. The fourth-order valence-electron chi connectivity index (χ4n) is 7.91. The van der Waals surface area contributed by atoms with E-state index in [-0.39, 0.29) is 23.8 Å². The molecule has 1 aliphatic carbocycles. The minimum absolute atomic E-state index is 0.0751. The Morgan fingerprint density at radius 2 is 1.88 bits per heavy atom. The second-order valence-electron chi connectivity index (χ2n) is 12.7. The number of nitrogens with one attached hydrogen (secondary N) is 2. The lowest BCUT2D eigenvalue weighted by atomic mass is 9.73. The normalized spacial score (nSPS) is 36.4. The standard InChI is InChI=1S/C32H44N4O4S/c1-20-9-7-12-24(21(20)2)34-30(38)28-32-14-13-25(40-32)26(29(37)33-22-10-8-11-23(19-22)41-3)27(32)31(39)36(28)18-17-35-15-5-4-6-16-35/h8,10-11,13-14,19-21,24-28H,4-7,9,12,15-18H2,1-3H3,(H,33,37)(H,34,38)/t20-,21-,24+,25-,26+,27-,28-,32-/m0/s1. The number of hydrogen-bond donors (Lipinski definition) is 2. The van der Waals surface area contributed by atoms with E-state index in [2.05, 4.69) is 29.4 Å². The third kappa shape index (κ3) is 5.23. The van der Waals surface area contributed by atoms with E-state index in [1.807, 2.05) is 42.7 Å². The molecule has 0 radical (unpaired) electrons. The van der Waals surface area contributed by atoms with Gasteiger partial charge in [0.15, 0.2) is 0 Å². The van der Waals surface area contributed by atoms with Crippen molar-refractivity contribution in [3.05, 3.63) is 36.4 Å². The zero-order valence-corrected chi connectivity index (χ0v) is 25.3. The zero-order valence-electron chi connectivity index (χ0n) is 24.5. The van der Waals surface area contributed by atoms with Crippen molar-refractivity contribution in [2.24, 2.45) is 23.7 Å². The summed E-state index contributed by atoms with van der Waals surface area (Å²) in [6, 6.07) is 7.00. The molecule has 1 aromatic rings. The van der Waals surface area contributed by atoms with Crippen LogP contribution in [0.5, 0.6) is 0 Å². The maximum absolute atomic E-state index is 14.3. The second-order valence-corrected chi connectivity index (χ2v) is 13.6. The van der Waals surface area contributed by atoms with Crippen LogP contribution in [0.4, 0.5) is 5.69 Å². The zero-order chi connectivity index (χ0) is 28.7. The number of ether oxygens (including phenoxy) is 1. The quantitative estimate of drug-likeness (QED) is 0.358. The maximum Gasteiger partial charge on any atom is 0.246 e. The van der Waals surface area contributed by atoms with Gasteiger partial charge in [0.05, 0.1) is 17.9 Å². The maximum atomic E-state index is 14.3. The number of likely N-dealkylation sites (tertiary alicyclic amines) is 2. The molecule has 9 heteroatoms. The fourth-order valence-corrected chi connectivity index (χ4v) is 8.37. The summed E-state index contributed by atoms with van der Waals surface area (Å²) >= 11 is 1.61. The number of anilines is 1. The van der Waals surface area contributed by atoms with Crippen LogP contribution in [-0.2, 0) is 19.1 Å². The highest BCUT2D eigenvalue weighted by Crippen LogP contribution is 2.55. The van der Waals surface area contributed by atoms with Gasteiger partial charge in [0.1, 0.15) is 11.6 Å². The first-order valence-electron chi connectivity index (χ1n) is 15.5. The summed E-state index contributed by atoms with van der Waals surface area (Å²) in [6.07, 6.45) is 12.0. The Morgan fingerprint density at radius 3 is 2.66 bits per heavy atom. The van der Waals surface area contributed by atoms with Crippen molar-refractivity contribution >= 4 is 35.2 Å². The van der Waals surface area contributed by atoms with Crippen LogP contribution >= 0.6 is 11.8 Å². The summed E-state index contributed by atoms with van der Waals surface area (Å²) < 4.78 is 6.55. The SMILES string of the molecule is CSc1cccc(NC(=O)[C@@H]2[C@@H]3C=C[C@]4(O3)[C@@H]2C(=O)N(CCN2CCCCC2)[C@H]4C(=O)N[C@@H]2CCC[C@H](C)[C@@H]2C)c1. The first kappa shape index (κ1) is 28.7. The lowest BCUT2D eigenvalue weighted by Gasteiger charge is -2.38. The van der Waals surface area contributed by atoms with Gasteiger partial charge in [-0.05, 0) is 68.6 Å². The average molecular weight is 581 g/mol. The molecule has 0 aromatic heterocycles. The van der Waals surface area contributed by atoms with Gasteiger partial charge in [-0.2, -0.15) is 0 Å². The number of hydrogen-bond acceptors (Lipinski definition) is 6. The van der Waals surface area contributed by atoms with Crippen LogP contribution < -0.4 is 10.6 Å². The van der Waals surface area contributed by atoms with Gasteiger partial charge < -0.3 is 25.2 Å². The highest BCUT2D eigenvalue weighted by atomic mass is 32.2. The second kappa shape index (κ2) is 11.7. The van der Waals surface area contributed by atoms with Gasteiger partial charge in [-0.3, -0.25) is 14.4 Å². The van der Waals surface area contributed by atoms with Crippen molar-refractivity contribution in [3.63, 3.8) is 0 Å². The molecule has 8 atom stereocenters. The van der Waals surface area contributed by atoms with E-state index in [0.717, 1.165) is 50.2 Å². The fraction of sp³-hybridized carbons (Fsp3) is 0.656. The monoisotopic (exact) mass is 580 g/mol. The molecule has 1 spiro atoms. The minimum Gasteiger partial charge on any atom is -0.359 e. The summed E-state index contributed by atoms with van der Waals surface area (Å²) in [5.41, 5.74) is -0.426. The van der Waals surface area contributed by atoms with E-state index >= 15 is 0 Å². The largest absolute Gasteiger partial charge is 0.359 e. The smallest absolute Gasteiger partial charge is 0.246 e. The Bertz CT molecular complexity index is 1200. The Hall–Kier alpha value is -2.36. The van der Waals surface area contributed by atoms with Crippen LogP contribution in [0.25, 0.3) is 0 Å². The van der Waals surface area contributed by atoms with Gasteiger partial charge in [-0.15, -0.1) is 11.8 Å². The van der Waals surface area contributed by atoms with Crippen molar-refractivity contribution < 1.29 is 19.1 Å². The molecule has 222 valence electrons. The number of nitrogens with zero attached hydrogens (tertiary/aromatic N) is 2. The van der Waals surface area contributed by atoms with Crippen molar-refractivity contribution in [2.45, 2.75) is 81.1 Å². The third-order valence-electron chi connectivity index (χ3n) is 10.4. The molecular formula is C32H44N4O4S.